The van der Waals surface area contributed by atoms with Crippen LogP contribution in [0.1, 0.15) is 37.8 Å². The Kier molecular flexibility index (Phi) is 6.67. The Morgan fingerprint density at radius 1 is 1.29 bits per heavy atom. The van der Waals surface area contributed by atoms with E-state index in [2.05, 4.69) is 6.92 Å². The molecule has 0 amide bonds. The molecule has 1 aromatic carbocycles. The summed E-state index contributed by atoms with van der Waals surface area (Å²) in [5, 5.41) is 0. The largest absolute Gasteiger partial charge is 0.497 e. The molecule has 0 radical (unpaired) electrons. The molecule has 0 aromatic heterocycles. The summed E-state index contributed by atoms with van der Waals surface area (Å²) in [6.45, 7) is 3.71. The zero-order chi connectivity index (χ0) is 12.5. The van der Waals surface area contributed by atoms with E-state index in [4.69, 9.17) is 15.2 Å². The third kappa shape index (κ3) is 5.20. The number of nitrogens with two attached hydrogens (primary N) is 1. The molecule has 0 saturated carbocycles. The van der Waals surface area contributed by atoms with Crippen LogP contribution in [-0.4, -0.2) is 20.3 Å². The van der Waals surface area contributed by atoms with Gasteiger partial charge in [-0.15, -0.1) is 0 Å². The molecule has 17 heavy (non-hydrogen) atoms. The third-order valence-corrected chi connectivity index (χ3v) is 2.74. The van der Waals surface area contributed by atoms with Gasteiger partial charge in [-0.1, -0.05) is 25.5 Å². The van der Waals surface area contributed by atoms with Crippen LogP contribution in [0.3, 0.4) is 0 Å². The van der Waals surface area contributed by atoms with Gasteiger partial charge in [-0.05, 0) is 30.5 Å². The maximum atomic E-state index is 6.10. The fraction of sp³-hybridized carbons (Fsp3) is 0.571. The van der Waals surface area contributed by atoms with Crippen molar-refractivity contribution in [1.29, 1.82) is 0 Å². The molecule has 0 aliphatic carbocycles. The van der Waals surface area contributed by atoms with Crippen LogP contribution < -0.4 is 10.5 Å². The molecule has 96 valence electrons. The summed E-state index contributed by atoms with van der Waals surface area (Å²) in [5.74, 6) is 0.852. The normalized spacial score (nSPS) is 12.4. The molecule has 1 rings (SSSR count). The van der Waals surface area contributed by atoms with E-state index in [1.807, 2.05) is 24.3 Å². The number of ether oxygens (including phenoxy) is 2. The van der Waals surface area contributed by atoms with Crippen molar-refractivity contribution in [1.82, 2.24) is 0 Å². The molecule has 2 N–H and O–H groups in total. The molecule has 0 aliphatic rings. The lowest BCUT2D eigenvalue weighted by atomic mass is 10.1. The van der Waals surface area contributed by atoms with Gasteiger partial charge < -0.3 is 15.2 Å². The highest BCUT2D eigenvalue weighted by Gasteiger charge is 2.06. The standard InChI is InChI=1S/C14H23NO2/c1-3-4-9-17-10-8-14(15)12-6-5-7-13(11-12)16-2/h5-7,11,14H,3-4,8-10,15H2,1-2H3. The lowest BCUT2D eigenvalue weighted by Gasteiger charge is -2.13. The smallest absolute Gasteiger partial charge is 0.119 e. The highest BCUT2D eigenvalue weighted by molar-refractivity contribution is 5.30. The van der Waals surface area contributed by atoms with Gasteiger partial charge in [0.2, 0.25) is 0 Å². The summed E-state index contributed by atoms with van der Waals surface area (Å²) >= 11 is 0. The molecule has 0 bridgehead atoms. The fourth-order valence-corrected chi connectivity index (χ4v) is 1.60. The van der Waals surface area contributed by atoms with Crippen molar-refractivity contribution in [3.8, 4) is 5.75 Å². The van der Waals surface area contributed by atoms with E-state index in [1.54, 1.807) is 7.11 Å². The van der Waals surface area contributed by atoms with Gasteiger partial charge >= 0.3 is 0 Å². The summed E-state index contributed by atoms with van der Waals surface area (Å²) in [6, 6.07) is 7.92. The first-order chi connectivity index (χ1) is 8.27. The van der Waals surface area contributed by atoms with Crippen molar-refractivity contribution in [3.05, 3.63) is 29.8 Å². The maximum absolute atomic E-state index is 6.10. The Bertz CT molecular complexity index is 315. The Balaban J connectivity index is 2.33. The van der Waals surface area contributed by atoms with Gasteiger partial charge in [-0.3, -0.25) is 0 Å². The van der Waals surface area contributed by atoms with E-state index in [-0.39, 0.29) is 6.04 Å². The fourth-order valence-electron chi connectivity index (χ4n) is 1.60. The molecule has 1 unspecified atom stereocenters. The van der Waals surface area contributed by atoms with Crippen molar-refractivity contribution in [2.45, 2.75) is 32.2 Å². The van der Waals surface area contributed by atoms with E-state index in [9.17, 15) is 0 Å². The minimum Gasteiger partial charge on any atom is -0.497 e. The molecule has 0 fully saturated rings. The molecule has 1 atom stereocenters. The number of hydrogen-bond donors (Lipinski definition) is 1. The molecule has 3 nitrogen and oxygen atoms in total. The van der Waals surface area contributed by atoms with Gasteiger partial charge in [-0.2, -0.15) is 0 Å². The third-order valence-electron chi connectivity index (χ3n) is 2.74. The number of rotatable bonds is 8. The Morgan fingerprint density at radius 3 is 2.82 bits per heavy atom. The average molecular weight is 237 g/mol. The predicted octanol–water partition coefficient (Wildman–Crippen LogP) is 2.90. The van der Waals surface area contributed by atoms with Crippen LogP contribution in [0.15, 0.2) is 24.3 Å². The SMILES string of the molecule is CCCCOCCC(N)c1cccc(OC)c1. The van der Waals surface area contributed by atoms with Crippen LogP contribution in [0, 0.1) is 0 Å². The quantitative estimate of drug-likeness (QED) is 0.707. The second-order valence-electron chi connectivity index (χ2n) is 4.14. The molecular formula is C14H23NO2. The van der Waals surface area contributed by atoms with Crippen LogP contribution in [-0.2, 0) is 4.74 Å². The Morgan fingerprint density at radius 2 is 2.12 bits per heavy atom. The highest BCUT2D eigenvalue weighted by atomic mass is 16.5. The number of hydrogen-bond acceptors (Lipinski definition) is 3. The van der Waals surface area contributed by atoms with Gasteiger partial charge in [0.05, 0.1) is 7.11 Å². The minimum absolute atomic E-state index is 0.0201. The minimum atomic E-state index is 0.0201. The highest BCUT2D eigenvalue weighted by Crippen LogP contribution is 2.19. The number of benzene rings is 1. The van der Waals surface area contributed by atoms with Gasteiger partial charge in [0, 0.05) is 19.3 Å². The van der Waals surface area contributed by atoms with E-state index < -0.39 is 0 Å². The van der Waals surface area contributed by atoms with Crippen LogP contribution in [0.5, 0.6) is 5.75 Å². The second-order valence-corrected chi connectivity index (χ2v) is 4.14. The van der Waals surface area contributed by atoms with E-state index in [1.165, 1.54) is 6.42 Å². The van der Waals surface area contributed by atoms with Crippen molar-refractivity contribution in [2.24, 2.45) is 5.73 Å². The number of methoxy groups -OCH3 is 1. The van der Waals surface area contributed by atoms with E-state index in [0.29, 0.717) is 0 Å². The zero-order valence-corrected chi connectivity index (χ0v) is 10.8. The van der Waals surface area contributed by atoms with Crippen molar-refractivity contribution < 1.29 is 9.47 Å². The molecular weight excluding hydrogens is 214 g/mol. The van der Waals surface area contributed by atoms with Gasteiger partial charge in [-0.25, -0.2) is 0 Å². The van der Waals surface area contributed by atoms with Crippen LogP contribution in [0.25, 0.3) is 0 Å². The van der Waals surface area contributed by atoms with Crippen LogP contribution in [0.2, 0.25) is 0 Å². The molecule has 0 heterocycles. The number of unbranched alkanes of at least 4 members (excludes halogenated alkanes) is 1. The summed E-state index contributed by atoms with van der Waals surface area (Å²) in [5.41, 5.74) is 7.20. The Labute approximate surface area is 104 Å². The molecule has 0 aliphatic heterocycles. The molecule has 0 saturated heterocycles. The summed E-state index contributed by atoms with van der Waals surface area (Å²) in [6.07, 6.45) is 3.13. The van der Waals surface area contributed by atoms with Crippen LogP contribution >= 0.6 is 0 Å². The summed E-state index contributed by atoms with van der Waals surface area (Å²) in [4.78, 5) is 0. The molecule has 0 spiro atoms. The van der Waals surface area contributed by atoms with Crippen molar-refractivity contribution in [2.75, 3.05) is 20.3 Å². The van der Waals surface area contributed by atoms with E-state index in [0.717, 1.165) is 37.4 Å². The van der Waals surface area contributed by atoms with Gasteiger partial charge in [0.25, 0.3) is 0 Å². The van der Waals surface area contributed by atoms with E-state index >= 15 is 0 Å². The molecule has 3 heteroatoms. The summed E-state index contributed by atoms with van der Waals surface area (Å²) < 4.78 is 10.7. The first-order valence-corrected chi connectivity index (χ1v) is 6.25. The molecule has 1 aromatic rings. The summed E-state index contributed by atoms with van der Waals surface area (Å²) in [7, 11) is 1.67. The topological polar surface area (TPSA) is 44.5 Å². The first-order valence-electron chi connectivity index (χ1n) is 6.25. The van der Waals surface area contributed by atoms with Crippen molar-refractivity contribution >= 4 is 0 Å². The lowest BCUT2D eigenvalue weighted by molar-refractivity contribution is 0.124. The van der Waals surface area contributed by atoms with Gasteiger partial charge in [0.1, 0.15) is 5.75 Å². The van der Waals surface area contributed by atoms with Gasteiger partial charge in [0.15, 0.2) is 0 Å². The zero-order valence-electron chi connectivity index (χ0n) is 10.8. The average Bonchev–Trinajstić information content (AvgIpc) is 2.38. The predicted molar refractivity (Wildman–Crippen MR) is 70.3 cm³/mol. The lowest BCUT2D eigenvalue weighted by Crippen LogP contribution is -2.13. The second kappa shape index (κ2) is 8.09. The maximum Gasteiger partial charge on any atom is 0.119 e. The van der Waals surface area contributed by atoms with Crippen LogP contribution in [0.4, 0.5) is 0 Å². The van der Waals surface area contributed by atoms with Crippen molar-refractivity contribution in [3.63, 3.8) is 0 Å². The Hall–Kier alpha value is -1.06. The first kappa shape index (κ1) is 14.0. The monoisotopic (exact) mass is 237 g/mol.